The van der Waals surface area contributed by atoms with Crippen LogP contribution in [0, 0.1) is 0 Å². The first-order chi connectivity index (χ1) is 15.3. The van der Waals surface area contributed by atoms with Gasteiger partial charge >= 0.3 is 0 Å². The zero-order chi connectivity index (χ0) is 21.0. The Labute approximate surface area is 181 Å². The number of hydrogen-bond donors (Lipinski definition) is 1. The Morgan fingerprint density at radius 3 is 2.77 bits per heavy atom. The first-order valence-corrected chi connectivity index (χ1v) is 10.6. The summed E-state index contributed by atoms with van der Waals surface area (Å²) >= 11 is 0. The first kappa shape index (κ1) is 19.6. The molecule has 1 N–H and O–H groups in total. The molecule has 0 amide bonds. The van der Waals surface area contributed by atoms with Crippen LogP contribution >= 0.6 is 0 Å². The van der Waals surface area contributed by atoms with E-state index in [1.54, 1.807) is 7.11 Å². The lowest BCUT2D eigenvalue weighted by Crippen LogP contribution is -2.34. The van der Waals surface area contributed by atoms with Gasteiger partial charge < -0.3 is 19.3 Å². The smallest absolute Gasteiger partial charge is 0.261 e. The van der Waals surface area contributed by atoms with Crippen molar-refractivity contribution in [3.63, 3.8) is 0 Å². The summed E-state index contributed by atoms with van der Waals surface area (Å²) in [4.78, 5) is 4.68. The normalized spacial score (nSPS) is 14.6. The van der Waals surface area contributed by atoms with Crippen LogP contribution in [0.4, 0.5) is 0 Å². The largest absolute Gasteiger partial charge is 0.497 e. The fraction of sp³-hybridized carbons (Fsp3) is 0.280. The number of piperidine rings is 1. The lowest BCUT2D eigenvalue weighted by molar-refractivity contribution is 0.165. The average Bonchev–Trinajstić information content (AvgIpc) is 3.28. The highest BCUT2D eigenvalue weighted by atomic mass is 16.5. The van der Waals surface area contributed by atoms with Gasteiger partial charge in [0.05, 0.1) is 12.7 Å². The number of rotatable bonds is 6. The van der Waals surface area contributed by atoms with E-state index in [2.05, 4.69) is 33.7 Å². The summed E-state index contributed by atoms with van der Waals surface area (Å²) in [5, 5.41) is 9.80. The molecule has 0 radical (unpaired) electrons. The fourth-order valence-corrected chi connectivity index (χ4v) is 4.02. The fourth-order valence-electron chi connectivity index (χ4n) is 4.02. The van der Waals surface area contributed by atoms with E-state index in [-0.39, 0.29) is 6.10 Å². The number of ether oxygens (including phenoxy) is 2. The molecule has 0 spiro atoms. The van der Waals surface area contributed by atoms with Crippen LogP contribution in [0.2, 0.25) is 0 Å². The molecule has 1 aliphatic heterocycles. The Balaban J connectivity index is 1.48. The van der Waals surface area contributed by atoms with Crippen LogP contribution < -0.4 is 14.8 Å². The molecule has 0 aliphatic carbocycles. The molecule has 4 aromatic rings. The minimum absolute atomic E-state index is 0.171. The van der Waals surface area contributed by atoms with Crippen LogP contribution in [0.3, 0.4) is 0 Å². The second-order valence-electron chi connectivity index (χ2n) is 7.77. The lowest BCUT2D eigenvalue weighted by atomic mass is 10.0. The third-order valence-electron chi connectivity index (χ3n) is 5.65. The van der Waals surface area contributed by atoms with Crippen molar-refractivity contribution in [2.45, 2.75) is 25.4 Å². The van der Waals surface area contributed by atoms with Crippen molar-refractivity contribution in [3.05, 3.63) is 72.1 Å². The van der Waals surface area contributed by atoms with Crippen molar-refractivity contribution in [1.82, 2.24) is 15.5 Å². The van der Waals surface area contributed by atoms with Gasteiger partial charge in [-0.2, -0.15) is 4.98 Å². The Bertz CT molecular complexity index is 1180. The number of aromatic nitrogens is 2. The minimum atomic E-state index is 0.171. The number of nitrogens with one attached hydrogen (secondary N) is 1. The second kappa shape index (κ2) is 8.78. The zero-order valence-corrected chi connectivity index (χ0v) is 17.5. The molecule has 1 saturated heterocycles. The highest BCUT2D eigenvalue weighted by Crippen LogP contribution is 2.37. The van der Waals surface area contributed by atoms with Crippen molar-refractivity contribution in [2.24, 2.45) is 0 Å². The summed E-state index contributed by atoms with van der Waals surface area (Å²) < 4.78 is 17.5. The molecule has 3 aromatic carbocycles. The summed E-state index contributed by atoms with van der Waals surface area (Å²) in [5.74, 6) is 2.74. The molecular weight excluding hydrogens is 390 g/mol. The number of benzene rings is 3. The van der Waals surface area contributed by atoms with E-state index < -0.39 is 0 Å². The molecule has 0 saturated carbocycles. The zero-order valence-electron chi connectivity index (χ0n) is 17.5. The molecule has 0 atom stereocenters. The van der Waals surface area contributed by atoms with E-state index in [9.17, 15) is 0 Å². The summed E-state index contributed by atoms with van der Waals surface area (Å²) in [6.45, 7) is 1.94. The summed E-state index contributed by atoms with van der Waals surface area (Å²) in [6.07, 6.45) is 2.70. The molecule has 158 valence electrons. The topological polar surface area (TPSA) is 69.4 Å². The molecule has 31 heavy (non-hydrogen) atoms. The Morgan fingerprint density at radius 2 is 1.90 bits per heavy atom. The molecule has 0 bridgehead atoms. The Morgan fingerprint density at radius 1 is 1.03 bits per heavy atom. The van der Waals surface area contributed by atoms with E-state index in [1.807, 2.05) is 42.5 Å². The maximum absolute atomic E-state index is 6.53. The van der Waals surface area contributed by atoms with Crippen molar-refractivity contribution < 1.29 is 14.0 Å². The van der Waals surface area contributed by atoms with Gasteiger partial charge in [0.2, 0.25) is 0 Å². The van der Waals surface area contributed by atoms with Crippen molar-refractivity contribution in [2.75, 3.05) is 20.2 Å². The van der Waals surface area contributed by atoms with Crippen molar-refractivity contribution in [1.29, 1.82) is 0 Å². The number of hydrogen-bond acceptors (Lipinski definition) is 6. The second-order valence-corrected chi connectivity index (χ2v) is 7.77. The molecule has 1 fully saturated rings. The molecule has 1 aromatic heterocycles. The number of methoxy groups -OCH3 is 1. The van der Waals surface area contributed by atoms with Gasteiger partial charge in [-0.1, -0.05) is 47.6 Å². The monoisotopic (exact) mass is 415 g/mol. The maximum atomic E-state index is 6.53. The predicted octanol–water partition coefficient (Wildman–Crippen LogP) is 4.62. The Kier molecular flexibility index (Phi) is 5.54. The minimum Gasteiger partial charge on any atom is -0.497 e. The number of nitrogens with zero attached hydrogens (tertiary/aromatic N) is 2. The van der Waals surface area contributed by atoms with E-state index >= 15 is 0 Å². The van der Waals surface area contributed by atoms with Gasteiger partial charge in [0.1, 0.15) is 17.6 Å². The first-order valence-electron chi connectivity index (χ1n) is 10.6. The lowest BCUT2D eigenvalue weighted by Gasteiger charge is -2.25. The quantitative estimate of drug-likeness (QED) is 0.496. The van der Waals surface area contributed by atoms with Crippen molar-refractivity contribution >= 4 is 10.8 Å². The van der Waals surface area contributed by atoms with Gasteiger partial charge in [0.25, 0.3) is 5.89 Å². The van der Waals surface area contributed by atoms with Crippen LogP contribution in [0.5, 0.6) is 11.5 Å². The van der Waals surface area contributed by atoms with E-state index in [1.165, 1.54) is 0 Å². The van der Waals surface area contributed by atoms with Crippen LogP contribution in [0.1, 0.15) is 24.2 Å². The molecule has 6 heteroatoms. The SMILES string of the molecule is COc1cccc(Cc2noc(-c3ccc4ccccc4c3OC3CCNCC3)n2)c1. The third kappa shape index (κ3) is 4.25. The summed E-state index contributed by atoms with van der Waals surface area (Å²) in [7, 11) is 1.66. The summed E-state index contributed by atoms with van der Waals surface area (Å²) in [5.41, 5.74) is 1.90. The van der Waals surface area contributed by atoms with Crippen molar-refractivity contribution in [3.8, 4) is 23.0 Å². The molecular formula is C25H25N3O3. The van der Waals surface area contributed by atoms with Crippen LogP contribution in [0.25, 0.3) is 22.2 Å². The van der Waals surface area contributed by atoms with Crippen LogP contribution in [-0.4, -0.2) is 36.4 Å². The standard InChI is InChI=1S/C25H25N3O3/c1-29-20-7-4-5-17(15-20)16-23-27-25(31-28-23)22-10-9-18-6-2-3-8-21(18)24(22)30-19-11-13-26-14-12-19/h2-10,15,19,26H,11-14,16H2,1H3. The van der Waals surface area contributed by atoms with Gasteiger partial charge in [-0.05, 0) is 55.1 Å². The molecule has 5 rings (SSSR count). The predicted molar refractivity (Wildman–Crippen MR) is 120 cm³/mol. The van der Waals surface area contributed by atoms with Gasteiger partial charge in [-0.25, -0.2) is 0 Å². The van der Waals surface area contributed by atoms with Gasteiger partial charge in [0.15, 0.2) is 5.82 Å². The highest BCUT2D eigenvalue weighted by Gasteiger charge is 2.21. The van der Waals surface area contributed by atoms with Crippen LogP contribution in [-0.2, 0) is 6.42 Å². The molecule has 1 aliphatic rings. The molecule has 6 nitrogen and oxygen atoms in total. The Hall–Kier alpha value is -3.38. The molecule has 0 unspecified atom stereocenters. The molecule has 2 heterocycles. The summed E-state index contributed by atoms with van der Waals surface area (Å²) in [6, 6.07) is 20.2. The highest BCUT2D eigenvalue weighted by molar-refractivity contribution is 5.94. The average molecular weight is 415 g/mol. The van der Waals surface area contributed by atoms with E-state index in [4.69, 9.17) is 14.0 Å². The van der Waals surface area contributed by atoms with E-state index in [0.29, 0.717) is 18.1 Å². The van der Waals surface area contributed by atoms with Gasteiger partial charge in [0, 0.05) is 11.8 Å². The van der Waals surface area contributed by atoms with E-state index in [0.717, 1.165) is 59.3 Å². The maximum Gasteiger partial charge on any atom is 0.261 e. The third-order valence-corrected chi connectivity index (χ3v) is 5.65. The van der Waals surface area contributed by atoms with Gasteiger partial charge in [-0.15, -0.1) is 0 Å². The van der Waals surface area contributed by atoms with Crippen LogP contribution in [0.15, 0.2) is 65.2 Å². The van der Waals surface area contributed by atoms with Gasteiger partial charge in [-0.3, -0.25) is 0 Å². The number of fused-ring (bicyclic) bond motifs is 1.